The summed E-state index contributed by atoms with van der Waals surface area (Å²) in [6, 6.07) is 20.4. The molecule has 6 nitrogen and oxygen atoms in total. The summed E-state index contributed by atoms with van der Waals surface area (Å²) in [6.45, 7) is 1.77. The molecule has 8 heteroatoms. The molecule has 0 spiro atoms. The number of benzene rings is 3. The number of sulfonamides is 1. The van der Waals surface area contributed by atoms with E-state index in [0.29, 0.717) is 12.3 Å². The first-order chi connectivity index (χ1) is 14.8. The molecule has 0 radical (unpaired) electrons. The summed E-state index contributed by atoms with van der Waals surface area (Å²) in [4.78, 5) is 12.7. The number of carbonyl (C=O) groups is 1. The molecule has 0 unspecified atom stereocenters. The Balaban J connectivity index is 1.91. The van der Waals surface area contributed by atoms with E-state index >= 15 is 0 Å². The van der Waals surface area contributed by atoms with Crippen molar-refractivity contribution in [2.24, 2.45) is 0 Å². The maximum absolute atomic E-state index is 13.4. The van der Waals surface area contributed by atoms with E-state index in [4.69, 9.17) is 16.3 Å². The number of halogens is 1. The Bertz CT molecular complexity index is 1150. The molecular weight excluding hydrogens is 436 g/mol. The smallest absolute Gasteiger partial charge is 0.264 e. The number of anilines is 1. The maximum Gasteiger partial charge on any atom is 0.264 e. The average Bonchev–Trinajstić information content (AvgIpc) is 2.77. The lowest BCUT2D eigenvalue weighted by Crippen LogP contribution is -2.40. The molecule has 0 heterocycles. The molecule has 3 aromatic carbocycles. The van der Waals surface area contributed by atoms with Gasteiger partial charge in [-0.25, -0.2) is 8.42 Å². The number of nitrogens with zero attached hydrogens (tertiary/aromatic N) is 1. The van der Waals surface area contributed by atoms with Crippen LogP contribution >= 0.6 is 11.6 Å². The zero-order valence-electron chi connectivity index (χ0n) is 17.2. The van der Waals surface area contributed by atoms with Crippen molar-refractivity contribution in [3.8, 4) is 5.75 Å². The van der Waals surface area contributed by atoms with Crippen molar-refractivity contribution in [2.45, 2.75) is 18.4 Å². The summed E-state index contributed by atoms with van der Waals surface area (Å²) in [5.74, 6) is -0.0295. The van der Waals surface area contributed by atoms with Gasteiger partial charge in [0.2, 0.25) is 5.91 Å². The first-order valence-electron chi connectivity index (χ1n) is 9.55. The van der Waals surface area contributed by atoms with Gasteiger partial charge in [-0.3, -0.25) is 9.10 Å². The molecule has 0 aliphatic rings. The summed E-state index contributed by atoms with van der Waals surface area (Å²) >= 11 is 6.22. The van der Waals surface area contributed by atoms with Gasteiger partial charge in [-0.15, -0.1) is 0 Å². The molecule has 1 amide bonds. The van der Waals surface area contributed by atoms with E-state index in [0.717, 1.165) is 15.4 Å². The van der Waals surface area contributed by atoms with Crippen molar-refractivity contribution in [3.05, 3.63) is 88.9 Å². The van der Waals surface area contributed by atoms with Crippen LogP contribution in [0.4, 0.5) is 5.69 Å². The predicted molar refractivity (Wildman–Crippen MR) is 122 cm³/mol. The van der Waals surface area contributed by atoms with Gasteiger partial charge in [-0.05, 0) is 42.8 Å². The third kappa shape index (κ3) is 5.57. The Morgan fingerprint density at radius 2 is 1.71 bits per heavy atom. The standard InChI is InChI=1S/C23H23ClN2O4S/c1-17-8-11-20(12-9-17)31(28,29)26(19-10-13-22(30-2)21(24)14-19)16-23(27)25-15-18-6-4-3-5-7-18/h3-14H,15-16H2,1-2H3,(H,25,27). The number of aryl methyl sites for hydroxylation is 1. The fourth-order valence-electron chi connectivity index (χ4n) is 2.95. The largest absolute Gasteiger partial charge is 0.495 e. The Morgan fingerprint density at radius 3 is 2.32 bits per heavy atom. The van der Waals surface area contributed by atoms with Crippen LogP contribution in [0.1, 0.15) is 11.1 Å². The maximum atomic E-state index is 13.4. The molecule has 0 aromatic heterocycles. The lowest BCUT2D eigenvalue weighted by Gasteiger charge is -2.24. The molecule has 0 saturated heterocycles. The van der Waals surface area contributed by atoms with Crippen LogP contribution in [-0.4, -0.2) is 28.0 Å². The third-order valence-corrected chi connectivity index (χ3v) is 6.74. The number of amides is 1. The Kier molecular flexibility index (Phi) is 7.20. The van der Waals surface area contributed by atoms with E-state index in [9.17, 15) is 13.2 Å². The van der Waals surface area contributed by atoms with Crippen LogP contribution < -0.4 is 14.4 Å². The number of hydrogen-bond acceptors (Lipinski definition) is 4. The van der Waals surface area contributed by atoms with Crippen LogP contribution in [0.3, 0.4) is 0 Å². The van der Waals surface area contributed by atoms with E-state index in [1.165, 1.54) is 25.3 Å². The van der Waals surface area contributed by atoms with Crippen LogP contribution in [0.25, 0.3) is 0 Å². The van der Waals surface area contributed by atoms with Crippen molar-refractivity contribution in [1.29, 1.82) is 0 Å². The number of ether oxygens (including phenoxy) is 1. The summed E-state index contributed by atoms with van der Waals surface area (Å²) in [5.41, 5.74) is 2.11. The molecule has 3 aromatic rings. The number of nitrogens with one attached hydrogen (secondary N) is 1. The summed E-state index contributed by atoms with van der Waals surface area (Å²) in [7, 11) is -2.54. The Morgan fingerprint density at radius 1 is 1.03 bits per heavy atom. The van der Waals surface area contributed by atoms with Gasteiger partial charge in [-0.1, -0.05) is 59.6 Å². The summed E-state index contributed by atoms with van der Waals surface area (Å²) < 4.78 is 33.0. The number of hydrogen-bond donors (Lipinski definition) is 1. The lowest BCUT2D eigenvalue weighted by molar-refractivity contribution is -0.119. The van der Waals surface area contributed by atoms with Gasteiger partial charge in [-0.2, -0.15) is 0 Å². The minimum Gasteiger partial charge on any atom is -0.495 e. The SMILES string of the molecule is COc1ccc(N(CC(=O)NCc2ccccc2)S(=O)(=O)c2ccc(C)cc2)cc1Cl. The molecule has 3 rings (SSSR count). The van der Waals surface area contributed by atoms with E-state index in [-0.39, 0.29) is 15.6 Å². The molecule has 0 atom stereocenters. The van der Waals surface area contributed by atoms with Gasteiger partial charge < -0.3 is 10.1 Å². The second-order valence-corrected chi connectivity index (χ2v) is 9.18. The van der Waals surface area contributed by atoms with Crippen LogP contribution in [0, 0.1) is 6.92 Å². The predicted octanol–water partition coefficient (Wildman–Crippen LogP) is 4.17. The third-order valence-electron chi connectivity index (χ3n) is 4.65. The Hall–Kier alpha value is -3.03. The van der Waals surface area contributed by atoms with Gasteiger partial charge >= 0.3 is 0 Å². The molecule has 0 fully saturated rings. The molecule has 0 saturated carbocycles. The van der Waals surface area contributed by atoms with Crippen LogP contribution in [0.15, 0.2) is 77.7 Å². The molecule has 31 heavy (non-hydrogen) atoms. The highest BCUT2D eigenvalue weighted by molar-refractivity contribution is 7.92. The minimum absolute atomic E-state index is 0.0842. The zero-order valence-corrected chi connectivity index (χ0v) is 18.8. The van der Waals surface area contributed by atoms with Crippen molar-refractivity contribution < 1.29 is 17.9 Å². The van der Waals surface area contributed by atoms with E-state index in [1.54, 1.807) is 24.3 Å². The van der Waals surface area contributed by atoms with Gasteiger partial charge in [0.25, 0.3) is 10.0 Å². The van der Waals surface area contributed by atoms with Crippen molar-refractivity contribution in [2.75, 3.05) is 18.0 Å². The second kappa shape index (κ2) is 9.85. The van der Waals surface area contributed by atoms with Crippen LogP contribution in [0.5, 0.6) is 5.75 Å². The van der Waals surface area contributed by atoms with Gasteiger partial charge in [0.1, 0.15) is 12.3 Å². The van der Waals surface area contributed by atoms with Crippen molar-refractivity contribution in [3.63, 3.8) is 0 Å². The quantitative estimate of drug-likeness (QED) is 0.549. The normalized spacial score (nSPS) is 11.1. The first-order valence-corrected chi connectivity index (χ1v) is 11.4. The highest BCUT2D eigenvalue weighted by Gasteiger charge is 2.27. The van der Waals surface area contributed by atoms with Gasteiger partial charge in [0.05, 0.1) is 22.7 Å². The molecular formula is C23H23ClN2O4S. The molecule has 0 aliphatic carbocycles. The van der Waals surface area contributed by atoms with E-state index < -0.39 is 22.5 Å². The monoisotopic (exact) mass is 458 g/mol. The highest BCUT2D eigenvalue weighted by Crippen LogP contribution is 2.31. The number of rotatable bonds is 8. The molecule has 162 valence electrons. The van der Waals surface area contributed by atoms with Gasteiger partial charge in [0.15, 0.2) is 0 Å². The molecule has 1 N–H and O–H groups in total. The summed E-state index contributed by atoms with van der Waals surface area (Å²) in [6.07, 6.45) is 0. The zero-order chi connectivity index (χ0) is 22.4. The highest BCUT2D eigenvalue weighted by atomic mass is 35.5. The number of carbonyl (C=O) groups excluding carboxylic acids is 1. The summed E-state index contributed by atoms with van der Waals surface area (Å²) in [5, 5.41) is 3.01. The Labute approximate surface area is 187 Å². The first kappa shape index (κ1) is 22.7. The number of methoxy groups -OCH3 is 1. The van der Waals surface area contributed by atoms with E-state index in [1.807, 2.05) is 37.3 Å². The van der Waals surface area contributed by atoms with Crippen molar-refractivity contribution >= 4 is 33.2 Å². The fourth-order valence-corrected chi connectivity index (χ4v) is 4.61. The molecule has 0 aliphatic heterocycles. The molecule has 0 bridgehead atoms. The van der Waals surface area contributed by atoms with Crippen molar-refractivity contribution in [1.82, 2.24) is 5.32 Å². The average molecular weight is 459 g/mol. The minimum atomic E-state index is -4.01. The topological polar surface area (TPSA) is 75.7 Å². The fraction of sp³-hybridized carbons (Fsp3) is 0.174. The van der Waals surface area contributed by atoms with Gasteiger partial charge in [0, 0.05) is 6.54 Å². The van der Waals surface area contributed by atoms with E-state index in [2.05, 4.69) is 5.32 Å². The lowest BCUT2D eigenvalue weighted by atomic mass is 10.2. The van der Waals surface area contributed by atoms with Crippen LogP contribution in [0.2, 0.25) is 5.02 Å². The van der Waals surface area contributed by atoms with Crippen LogP contribution in [-0.2, 0) is 21.4 Å². The second-order valence-electron chi connectivity index (χ2n) is 6.91.